The van der Waals surface area contributed by atoms with Crippen molar-refractivity contribution in [3.05, 3.63) is 102 Å². The molecule has 170 valence electrons. The number of hydrogen-bond acceptors (Lipinski definition) is 5. The SMILES string of the molecule is CCOc1ccc([C@H]2C(C(=O)Nc3ccccc3)=C(C)Nc3nc(-c4ccccc4)nn32)cc1. The van der Waals surface area contributed by atoms with E-state index >= 15 is 0 Å². The fraction of sp³-hybridized carbons (Fsp3) is 0.148. The molecule has 1 atom stereocenters. The number of anilines is 2. The highest BCUT2D eigenvalue weighted by Gasteiger charge is 2.34. The molecule has 0 radical (unpaired) electrons. The van der Waals surface area contributed by atoms with E-state index < -0.39 is 6.04 Å². The molecular formula is C27H25N5O2. The summed E-state index contributed by atoms with van der Waals surface area (Å²) in [7, 11) is 0. The van der Waals surface area contributed by atoms with Gasteiger partial charge in [-0.25, -0.2) is 4.68 Å². The second kappa shape index (κ2) is 9.23. The van der Waals surface area contributed by atoms with Gasteiger partial charge in [-0.05, 0) is 43.7 Å². The van der Waals surface area contributed by atoms with Crippen LogP contribution in [0.1, 0.15) is 25.5 Å². The maximum Gasteiger partial charge on any atom is 0.255 e. The molecule has 0 unspecified atom stereocenters. The van der Waals surface area contributed by atoms with Gasteiger partial charge in [0.05, 0.1) is 12.2 Å². The van der Waals surface area contributed by atoms with Gasteiger partial charge in [0.1, 0.15) is 11.8 Å². The number of nitrogens with one attached hydrogen (secondary N) is 2. The number of hydrogen-bond donors (Lipinski definition) is 2. The van der Waals surface area contributed by atoms with E-state index in [1.807, 2.05) is 98.8 Å². The third-order valence-electron chi connectivity index (χ3n) is 5.67. The van der Waals surface area contributed by atoms with Crippen LogP contribution in [0.2, 0.25) is 0 Å². The molecule has 1 aliphatic rings. The fourth-order valence-corrected chi connectivity index (χ4v) is 4.10. The monoisotopic (exact) mass is 451 g/mol. The second-order valence-electron chi connectivity index (χ2n) is 7.96. The molecule has 7 nitrogen and oxygen atoms in total. The van der Waals surface area contributed by atoms with Crippen LogP contribution in [-0.2, 0) is 4.79 Å². The highest BCUT2D eigenvalue weighted by molar-refractivity contribution is 6.06. The average Bonchev–Trinajstić information content (AvgIpc) is 3.29. The van der Waals surface area contributed by atoms with Crippen LogP contribution in [0.3, 0.4) is 0 Å². The van der Waals surface area contributed by atoms with Crippen LogP contribution in [0.4, 0.5) is 11.6 Å². The lowest BCUT2D eigenvalue weighted by Crippen LogP contribution is -2.31. The predicted molar refractivity (Wildman–Crippen MR) is 133 cm³/mol. The normalized spacial score (nSPS) is 14.8. The highest BCUT2D eigenvalue weighted by atomic mass is 16.5. The largest absolute Gasteiger partial charge is 0.494 e. The Balaban J connectivity index is 1.59. The van der Waals surface area contributed by atoms with Gasteiger partial charge in [-0.15, -0.1) is 5.10 Å². The van der Waals surface area contributed by atoms with Gasteiger partial charge in [0.15, 0.2) is 5.82 Å². The van der Waals surface area contributed by atoms with Gasteiger partial charge in [-0.3, -0.25) is 4.79 Å². The number of para-hydroxylation sites is 1. The van der Waals surface area contributed by atoms with Crippen molar-refractivity contribution < 1.29 is 9.53 Å². The topological polar surface area (TPSA) is 81.1 Å². The molecule has 1 aliphatic heterocycles. The Morgan fingerprint density at radius 2 is 1.68 bits per heavy atom. The summed E-state index contributed by atoms with van der Waals surface area (Å²) in [6.45, 7) is 4.43. The molecule has 0 bridgehead atoms. The Kier molecular flexibility index (Phi) is 5.82. The lowest BCUT2D eigenvalue weighted by atomic mass is 9.95. The van der Waals surface area contributed by atoms with Gasteiger partial charge in [0, 0.05) is 16.9 Å². The second-order valence-corrected chi connectivity index (χ2v) is 7.96. The number of carbonyl (C=O) groups excluding carboxylic acids is 1. The first-order valence-corrected chi connectivity index (χ1v) is 11.2. The maximum atomic E-state index is 13.5. The number of aromatic nitrogens is 3. The zero-order chi connectivity index (χ0) is 23.5. The number of nitrogens with zero attached hydrogens (tertiary/aromatic N) is 3. The van der Waals surface area contributed by atoms with Crippen molar-refractivity contribution in [3.63, 3.8) is 0 Å². The minimum atomic E-state index is -0.458. The summed E-state index contributed by atoms with van der Waals surface area (Å²) in [4.78, 5) is 18.2. The van der Waals surface area contributed by atoms with Crippen LogP contribution in [0.5, 0.6) is 5.75 Å². The number of ether oxygens (including phenoxy) is 1. The molecule has 7 heteroatoms. The number of rotatable bonds is 6. The van der Waals surface area contributed by atoms with Gasteiger partial charge in [-0.2, -0.15) is 4.98 Å². The number of fused-ring (bicyclic) bond motifs is 1. The van der Waals surface area contributed by atoms with E-state index in [4.69, 9.17) is 14.8 Å². The van der Waals surface area contributed by atoms with Crippen LogP contribution < -0.4 is 15.4 Å². The first-order chi connectivity index (χ1) is 16.6. The molecule has 1 aromatic heterocycles. The minimum Gasteiger partial charge on any atom is -0.494 e. The third-order valence-corrected chi connectivity index (χ3v) is 5.67. The van der Waals surface area contributed by atoms with Crippen molar-refractivity contribution in [2.24, 2.45) is 0 Å². The van der Waals surface area contributed by atoms with Crippen molar-refractivity contribution in [1.29, 1.82) is 0 Å². The Morgan fingerprint density at radius 3 is 2.35 bits per heavy atom. The van der Waals surface area contributed by atoms with Crippen molar-refractivity contribution in [1.82, 2.24) is 14.8 Å². The maximum absolute atomic E-state index is 13.5. The quantitative estimate of drug-likeness (QED) is 0.417. The van der Waals surface area contributed by atoms with E-state index in [0.29, 0.717) is 24.0 Å². The van der Waals surface area contributed by atoms with E-state index in [0.717, 1.165) is 28.3 Å². The number of carbonyl (C=O) groups is 1. The molecule has 2 heterocycles. The summed E-state index contributed by atoms with van der Waals surface area (Å²) >= 11 is 0. The Labute approximate surface area is 198 Å². The zero-order valence-corrected chi connectivity index (χ0v) is 19.0. The summed E-state index contributed by atoms with van der Waals surface area (Å²) in [5.41, 5.74) is 3.85. The summed E-state index contributed by atoms with van der Waals surface area (Å²) in [5, 5.41) is 11.1. The van der Waals surface area contributed by atoms with Crippen LogP contribution >= 0.6 is 0 Å². The molecule has 0 saturated heterocycles. The third kappa shape index (κ3) is 4.15. The first-order valence-electron chi connectivity index (χ1n) is 11.2. The minimum absolute atomic E-state index is 0.197. The van der Waals surface area contributed by atoms with Crippen LogP contribution in [0.15, 0.2) is 96.2 Å². The number of benzene rings is 3. The number of allylic oxidation sites excluding steroid dienone is 1. The van der Waals surface area contributed by atoms with Crippen LogP contribution in [0, 0.1) is 0 Å². The van der Waals surface area contributed by atoms with Gasteiger partial charge >= 0.3 is 0 Å². The van der Waals surface area contributed by atoms with Crippen LogP contribution in [0.25, 0.3) is 11.4 Å². The molecule has 2 N–H and O–H groups in total. The summed E-state index contributed by atoms with van der Waals surface area (Å²) in [6.07, 6.45) is 0. The smallest absolute Gasteiger partial charge is 0.255 e. The molecular weight excluding hydrogens is 426 g/mol. The first kappa shape index (κ1) is 21.5. The van der Waals surface area contributed by atoms with Crippen molar-refractivity contribution >= 4 is 17.5 Å². The standard InChI is InChI=1S/C27H25N5O2/c1-3-34-22-16-14-19(15-17-22)24-23(26(33)29-21-12-8-5-9-13-21)18(2)28-27-30-25(31-32(24)27)20-10-6-4-7-11-20/h4-17,24H,3H2,1-2H3,(H,29,33)(H,28,30,31)/t24-/m0/s1. The lowest BCUT2D eigenvalue weighted by Gasteiger charge is -2.28. The van der Waals surface area contributed by atoms with E-state index in [-0.39, 0.29) is 5.91 Å². The molecule has 5 rings (SSSR count). The fourth-order valence-electron chi connectivity index (χ4n) is 4.10. The van der Waals surface area contributed by atoms with Crippen molar-refractivity contribution in [2.75, 3.05) is 17.2 Å². The molecule has 0 spiro atoms. The Bertz CT molecular complexity index is 1330. The summed E-state index contributed by atoms with van der Waals surface area (Å²) in [5.74, 6) is 1.76. The predicted octanol–water partition coefficient (Wildman–Crippen LogP) is 5.27. The van der Waals surface area contributed by atoms with E-state index in [2.05, 4.69) is 10.6 Å². The highest BCUT2D eigenvalue weighted by Crippen LogP contribution is 2.37. The van der Waals surface area contributed by atoms with E-state index in [1.165, 1.54) is 0 Å². The molecule has 34 heavy (non-hydrogen) atoms. The van der Waals surface area contributed by atoms with Crippen LogP contribution in [-0.4, -0.2) is 27.3 Å². The van der Waals surface area contributed by atoms with E-state index in [9.17, 15) is 4.79 Å². The van der Waals surface area contributed by atoms with Crippen molar-refractivity contribution in [3.8, 4) is 17.1 Å². The molecule has 1 amide bonds. The number of amides is 1. The van der Waals surface area contributed by atoms with Gasteiger partial charge < -0.3 is 15.4 Å². The summed E-state index contributed by atoms with van der Waals surface area (Å²) < 4.78 is 7.40. The molecule has 0 saturated carbocycles. The molecule has 0 aliphatic carbocycles. The van der Waals surface area contributed by atoms with Gasteiger partial charge in [0.25, 0.3) is 5.91 Å². The molecule has 0 fully saturated rings. The Morgan fingerprint density at radius 1 is 1.00 bits per heavy atom. The average molecular weight is 452 g/mol. The van der Waals surface area contributed by atoms with Gasteiger partial charge in [-0.1, -0.05) is 60.7 Å². The zero-order valence-electron chi connectivity index (χ0n) is 19.0. The van der Waals surface area contributed by atoms with Crippen molar-refractivity contribution in [2.45, 2.75) is 19.9 Å². The summed E-state index contributed by atoms with van der Waals surface area (Å²) in [6, 6.07) is 26.5. The van der Waals surface area contributed by atoms with Gasteiger partial charge in [0.2, 0.25) is 5.95 Å². The molecule has 4 aromatic rings. The Hall–Kier alpha value is -4.39. The van der Waals surface area contributed by atoms with E-state index in [1.54, 1.807) is 4.68 Å². The lowest BCUT2D eigenvalue weighted by molar-refractivity contribution is -0.113. The molecule has 3 aromatic carbocycles.